The molecule has 0 saturated carbocycles. The van der Waals surface area contributed by atoms with Gasteiger partial charge in [-0.1, -0.05) is 12.1 Å². The van der Waals surface area contributed by atoms with Crippen molar-refractivity contribution in [3.8, 4) is 11.5 Å². The topological polar surface area (TPSA) is 51.2 Å². The van der Waals surface area contributed by atoms with Crippen LogP contribution in [0.25, 0.3) is 6.08 Å². The summed E-state index contributed by atoms with van der Waals surface area (Å²) in [6.07, 6.45) is 2.77. The monoisotopic (exact) mass is 436 g/mol. The molecule has 2 heterocycles. The molecule has 0 fully saturated rings. The van der Waals surface area contributed by atoms with Gasteiger partial charge < -0.3 is 19.1 Å². The molecule has 0 atom stereocenters. The van der Waals surface area contributed by atoms with Gasteiger partial charge >= 0.3 is 0 Å². The quantitative estimate of drug-likeness (QED) is 0.444. The fraction of sp³-hybridized carbons (Fsp3) is 0.423. The predicted molar refractivity (Wildman–Crippen MR) is 127 cm³/mol. The maximum absolute atomic E-state index is 13.1. The van der Waals surface area contributed by atoms with Crippen LogP contribution < -0.4 is 14.4 Å². The van der Waals surface area contributed by atoms with E-state index in [0.29, 0.717) is 23.8 Å². The largest absolute Gasteiger partial charge is 0.477 e. The summed E-state index contributed by atoms with van der Waals surface area (Å²) in [4.78, 5) is 17.6. The van der Waals surface area contributed by atoms with Crippen LogP contribution in [0.2, 0.25) is 0 Å². The zero-order valence-corrected chi connectivity index (χ0v) is 19.4. The fourth-order valence-corrected chi connectivity index (χ4v) is 4.39. The second kappa shape index (κ2) is 9.76. The van der Waals surface area contributed by atoms with Crippen molar-refractivity contribution in [1.82, 2.24) is 4.90 Å². The number of benzene rings is 2. The van der Waals surface area contributed by atoms with Crippen LogP contribution in [-0.4, -0.2) is 50.8 Å². The zero-order valence-electron chi connectivity index (χ0n) is 19.4. The van der Waals surface area contributed by atoms with E-state index in [4.69, 9.17) is 14.2 Å². The molecule has 6 nitrogen and oxygen atoms in total. The van der Waals surface area contributed by atoms with Gasteiger partial charge in [0, 0.05) is 56.7 Å². The van der Waals surface area contributed by atoms with Crippen molar-refractivity contribution in [2.75, 3.05) is 45.0 Å². The Kier molecular flexibility index (Phi) is 6.82. The highest BCUT2D eigenvalue weighted by atomic mass is 16.5. The molecule has 2 aliphatic heterocycles. The lowest BCUT2D eigenvalue weighted by molar-refractivity contribution is 0.0826. The molecule has 32 heavy (non-hydrogen) atoms. The zero-order chi connectivity index (χ0) is 22.7. The molecule has 0 amide bonds. The maximum Gasteiger partial charge on any atom is 0.231 e. The van der Waals surface area contributed by atoms with Crippen LogP contribution in [0.15, 0.2) is 36.1 Å². The Labute approximate surface area is 190 Å². The molecule has 0 aliphatic carbocycles. The SMILES string of the molecule is CCN(CC)c1ccc(/C=C2\Oc3c(cc4c(c3C)OCN(CCCOC)C4)C2=O)cc1. The second-order valence-corrected chi connectivity index (χ2v) is 8.24. The van der Waals surface area contributed by atoms with Crippen LogP contribution in [-0.2, 0) is 11.3 Å². The smallest absolute Gasteiger partial charge is 0.231 e. The number of methoxy groups -OCH3 is 1. The molecule has 2 aliphatic rings. The Balaban J connectivity index is 1.54. The van der Waals surface area contributed by atoms with E-state index in [2.05, 4.69) is 35.8 Å². The fourth-order valence-electron chi connectivity index (χ4n) is 4.39. The lowest BCUT2D eigenvalue weighted by Gasteiger charge is -2.30. The second-order valence-electron chi connectivity index (χ2n) is 8.24. The minimum atomic E-state index is -0.0739. The van der Waals surface area contributed by atoms with E-state index in [1.165, 1.54) is 5.69 Å². The summed E-state index contributed by atoms with van der Waals surface area (Å²) < 4.78 is 17.2. The molecule has 4 rings (SSSR count). The van der Waals surface area contributed by atoms with Gasteiger partial charge in [0.25, 0.3) is 0 Å². The minimum Gasteiger partial charge on any atom is -0.477 e. The average molecular weight is 437 g/mol. The minimum absolute atomic E-state index is 0.0739. The maximum atomic E-state index is 13.1. The van der Waals surface area contributed by atoms with Gasteiger partial charge in [0.15, 0.2) is 5.76 Å². The number of carbonyl (C=O) groups is 1. The average Bonchev–Trinajstić information content (AvgIpc) is 3.11. The summed E-state index contributed by atoms with van der Waals surface area (Å²) in [6.45, 7) is 11.1. The summed E-state index contributed by atoms with van der Waals surface area (Å²) in [5.74, 6) is 1.74. The first-order valence-corrected chi connectivity index (χ1v) is 11.4. The van der Waals surface area contributed by atoms with E-state index < -0.39 is 0 Å². The molecule has 0 unspecified atom stereocenters. The molecule has 0 radical (unpaired) electrons. The van der Waals surface area contributed by atoms with Crippen LogP contribution in [0.4, 0.5) is 5.69 Å². The highest BCUT2D eigenvalue weighted by molar-refractivity contribution is 6.15. The van der Waals surface area contributed by atoms with E-state index in [1.807, 2.05) is 31.2 Å². The number of hydrogen-bond acceptors (Lipinski definition) is 6. The summed E-state index contributed by atoms with van der Waals surface area (Å²) >= 11 is 0. The first-order valence-electron chi connectivity index (χ1n) is 11.4. The molecule has 0 saturated heterocycles. The Hall–Kier alpha value is -2.83. The van der Waals surface area contributed by atoms with E-state index in [1.54, 1.807) is 7.11 Å². The van der Waals surface area contributed by atoms with Gasteiger partial charge in [-0.25, -0.2) is 0 Å². The standard InChI is InChI=1S/C26H32N2O4/c1-5-28(6-2)21-10-8-19(9-11-21)14-23-24(29)22-15-20-16-27(12-7-13-30-4)17-31-25(20)18(3)26(22)32-23/h8-11,14-15H,5-7,12-13,16-17H2,1-4H3/b23-14-. The van der Waals surface area contributed by atoms with Gasteiger partial charge in [0.05, 0.1) is 5.56 Å². The summed E-state index contributed by atoms with van der Waals surface area (Å²) in [5, 5.41) is 0. The number of fused-ring (bicyclic) bond motifs is 2. The number of ether oxygens (including phenoxy) is 3. The number of Topliss-reactive ketones (excluding diaryl/α,β-unsaturated/α-hetero) is 1. The van der Waals surface area contributed by atoms with Crippen LogP contribution in [0.3, 0.4) is 0 Å². The van der Waals surface area contributed by atoms with Crippen molar-refractivity contribution in [3.05, 3.63) is 58.3 Å². The van der Waals surface area contributed by atoms with Crippen LogP contribution in [0.5, 0.6) is 11.5 Å². The third-order valence-electron chi connectivity index (χ3n) is 6.14. The van der Waals surface area contributed by atoms with Gasteiger partial charge in [-0.15, -0.1) is 0 Å². The van der Waals surface area contributed by atoms with Crippen molar-refractivity contribution < 1.29 is 19.0 Å². The number of anilines is 1. The lowest BCUT2D eigenvalue weighted by Crippen LogP contribution is -2.33. The Morgan fingerprint density at radius 1 is 1.16 bits per heavy atom. The third kappa shape index (κ3) is 4.38. The van der Waals surface area contributed by atoms with Gasteiger partial charge in [0.2, 0.25) is 5.78 Å². The predicted octanol–water partition coefficient (Wildman–Crippen LogP) is 4.65. The van der Waals surface area contributed by atoms with Crippen molar-refractivity contribution in [1.29, 1.82) is 0 Å². The van der Waals surface area contributed by atoms with Gasteiger partial charge in [-0.05, 0) is 57.0 Å². The number of ketones is 1. The molecule has 6 heteroatoms. The van der Waals surface area contributed by atoms with Gasteiger partial charge in [-0.3, -0.25) is 9.69 Å². The van der Waals surface area contributed by atoms with Crippen molar-refractivity contribution in [3.63, 3.8) is 0 Å². The molecule has 2 aromatic rings. The molecule has 170 valence electrons. The van der Waals surface area contributed by atoms with Gasteiger partial charge in [-0.2, -0.15) is 0 Å². The summed E-state index contributed by atoms with van der Waals surface area (Å²) in [7, 11) is 1.71. The van der Waals surface area contributed by atoms with Crippen molar-refractivity contribution >= 4 is 17.5 Å². The number of rotatable bonds is 8. The molecule has 2 aromatic carbocycles. The number of hydrogen-bond donors (Lipinski definition) is 0. The van der Waals surface area contributed by atoms with Gasteiger partial charge in [0.1, 0.15) is 18.2 Å². The Bertz CT molecular complexity index is 1010. The van der Waals surface area contributed by atoms with E-state index >= 15 is 0 Å². The third-order valence-corrected chi connectivity index (χ3v) is 6.14. The lowest BCUT2D eigenvalue weighted by atomic mass is 10.00. The van der Waals surface area contributed by atoms with Crippen molar-refractivity contribution in [2.45, 2.75) is 33.7 Å². The molecule has 0 N–H and O–H groups in total. The van der Waals surface area contributed by atoms with E-state index in [0.717, 1.165) is 61.6 Å². The summed E-state index contributed by atoms with van der Waals surface area (Å²) in [5.41, 5.74) is 4.67. The van der Waals surface area contributed by atoms with Crippen LogP contribution >= 0.6 is 0 Å². The molecule has 0 spiro atoms. The Morgan fingerprint density at radius 3 is 2.59 bits per heavy atom. The molecule has 0 aromatic heterocycles. The van der Waals surface area contributed by atoms with E-state index in [9.17, 15) is 4.79 Å². The number of carbonyl (C=O) groups excluding carboxylic acids is 1. The highest BCUT2D eigenvalue weighted by Gasteiger charge is 2.33. The van der Waals surface area contributed by atoms with Crippen molar-refractivity contribution in [2.24, 2.45) is 0 Å². The first-order chi connectivity index (χ1) is 15.5. The van der Waals surface area contributed by atoms with Crippen LogP contribution in [0, 0.1) is 6.92 Å². The van der Waals surface area contributed by atoms with E-state index in [-0.39, 0.29) is 5.78 Å². The molecule has 0 bridgehead atoms. The first kappa shape index (κ1) is 22.4. The summed E-state index contributed by atoms with van der Waals surface area (Å²) in [6, 6.07) is 10.2. The Morgan fingerprint density at radius 2 is 1.91 bits per heavy atom. The number of allylic oxidation sites excluding steroid dienone is 1. The normalized spacial score (nSPS) is 16.5. The molecular weight excluding hydrogens is 404 g/mol. The molecular formula is C26H32N2O4. The van der Waals surface area contributed by atoms with Crippen LogP contribution in [0.1, 0.15) is 47.3 Å². The number of nitrogens with zero attached hydrogens (tertiary/aromatic N) is 2. The highest BCUT2D eigenvalue weighted by Crippen LogP contribution is 2.43.